The van der Waals surface area contributed by atoms with Crippen LogP contribution in [0.1, 0.15) is 30.9 Å². The Hall–Kier alpha value is -1.06. The molecule has 19 heavy (non-hydrogen) atoms. The van der Waals surface area contributed by atoms with Gasteiger partial charge in [0.2, 0.25) is 0 Å². The fourth-order valence-corrected chi connectivity index (χ4v) is 2.45. The Morgan fingerprint density at radius 1 is 1.26 bits per heavy atom. The third kappa shape index (κ3) is 4.51. The first-order valence-electron chi connectivity index (χ1n) is 7.23. The number of rotatable bonds is 8. The SMILES string of the molecule is COc1ccc(C(NCCCN(C)C)C2CC2)cc1. The van der Waals surface area contributed by atoms with Crippen molar-refractivity contribution in [1.82, 2.24) is 10.2 Å². The van der Waals surface area contributed by atoms with Crippen LogP contribution in [0.2, 0.25) is 0 Å². The van der Waals surface area contributed by atoms with Gasteiger partial charge in [0.05, 0.1) is 7.11 Å². The van der Waals surface area contributed by atoms with Crippen LogP contribution in [-0.4, -0.2) is 39.2 Å². The lowest BCUT2D eigenvalue weighted by Gasteiger charge is -2.20. The van der Waals surface area contributed by atoms with E-state index in [0.717, 1.165) is 24.8 Å². The van der Waals surface area contributed by atoms with Crippen LogP contribution >= 0.6 is 0 Å². The molecule has 1 N–H and O–H groups in total. The van der Waals surface area contributed by atoms with Gasteiger partial charge in [0, 0.05) is 6.04 Å². The van der Waals surface area contributed by atoms with Gasteiger partial charge in [0.1, 0.15) is 5.75 Å². The van der Waals surface area contributed by atoms with E-state index in [0.29, 0.717) is 6.04 Å². The first-order chi connectivity index (χ1) is 9.20. The molecule has 2 rings (SSSR count). The van der Waals surface area contributed by atoms with Gasteiger partial charge in [-0.2, -0.15) is 0 Å². The molecule has 1 unspecified atom stereocenters. The van der Waals surface area contributed by atoms with Crippen LogP contribution in [0.15, 0.2) is 24.3 Å². The summed E-state index contributed by atoms with van der Waals surface area (Å²) in [5, 5.41) is 3.72. The van der Waals surface area contributed by atoms with Crippen LogP contribution in [0.3, 0.4) is 0 Å². The van der Waals surface area contributed by atoms with Crippen molar-refractivity contribution in [2.45, 2.75) is 25.3 Å². The Labute approximate surface area is 116 Å². The predicted octanol–water partition coefficient (Wildman–Crippen LogP) is 2.69. The van der Waals surface area contributed by atoms with Gasteiger partial charge in [-0.15, -0.1) is 0 Å². The van der Waals surface area contributed by atoms with Crippen LogP contribution in [0.25, 0.3) is 0 Å². The third-order valence-electron chi connectivity index (χ3n) is 3.71. The lowest BCUT2D eigenvalue weighted by atomic mass is 10.0. The van der Waals surface area contributed by atoms with Crippen molar-refractivity contribution in [3.05, 3.63) is 29.8 Å². The summed E-state index contributed by atoms with van der Waals surface area (Å²) in [4.78, 5) is 2.24. The monoisotopic (exact) mass is 262 g/mol. The van der Waals surface area contributed by atoms with E-state index in [1.807, 2.05) is 0 Å². The molecule has 3 heteroatoms. The van der Waals surface area contributed by atoms with Gasteiger partial charge in [-0.3, -0.25) is 0 Å². The molecule has 1 aromatic rings. The van der Waals surface area contributed by atoms with Crippen LogP contribution in [0, 0.1) is 5.92 Å². The van der Waals surface area contributed by atoms with Gasteiger partial charge >= 0.3 is 0 Å². The fraction of sp³-hybridized carbons (Fsp3) is 0.625. The van der Waals surface area contributed by atoms with Crippen LogP contribution < -0.4 is 10.1 Å². The second-order valence-corrected chi connectivity index (χ2v) is 5.70. The van der Waals surface area contributed by atoms with Crippen molar-refractivity contribution in [2.24, 2.45) is 5.92 Å². The Balaban J connectivity index is 1.88. The standard InChI is InChI=1S/C16H26N2O/c1-18(2)12-4-11-17-16(13-5-6-13)14-7-9-15(19-3)10-8-14/h7-10,13,16-17H,4-6,11-12H2,1-3H3. The van der Waals surface area contributed by atoms with E-state index in [4.69, 9.17) is 4.74 Å². The van der Waals surface area contributed by atoms with E-state index < -0.39 is 0 Å². The summed E-state index contributed by atoms with van der Waals surface area (Å²) >= 11 is 0. The van der Waals surface area contributed by atoms with Crippen molar-refractivity contribution < 1.29 is 4.74 Å². The van der Waals surface area contributed by atoms with E-state index in [1.165, 1.54) is 24.8 Å². The molecule has 0 amide bonds. The highest BCUT2D eigenvalue weighted by molar-refractivity contribution is 5.30. The van der Waals surface area contributed by atoms with E-state index >= 15 is 0 Å². The molecule has 1 aliphatic carbocycles. The molecule has 0 aliphatic heterocycles. The van der Waals surface area contributed by atoms with Crippen LogP contribution in [-0.2, 0) is 0 Å². The molecule has 1 atom stereocenters. The molecule has 0 radical (unpaired) electrons. The highest BCUT2D eigenvalue weighted by Crippen LogP contribution is 2.41. The topological polar surface area (TPSA) is 24.5 Å². The largest absolute Gasteiger partial charge is 0.497 e. The minimum Gasteiger partial charge on any atom is -0.497 e. The molecule has 0 saturated heterocycles. The van der Waals surface area contributed by atoms with Gasteiger partial charge in [-0.1, -0.05) is 12.1 Å². The minimum absolute atomic E-state index is 0.521. The predicted molar refractivity (Wildman–Crippen MR) is 79.6 cm³/mol. The van der Waals surface area contributed by atoms with E-state index in [2.05, 4.69) is 48.6 Å². The van der Waals surface area contributed by atoms with Crippen molar-refractivity contribution in [2.75, 3.05) is 34.3 Å². The van der Waals surface area contributed by atoms with Gasteiger partial charge in [0.15, 0.2) is 0 Å². The molecule has 1 fully saturated rings. The zero-order valence-corrected chi connectivity index (χ0v) is 12.4. The third-order valence-corrected chi connectivity index (χ3v) is 3.71. The van der Waals surface area contributed by atoms with Gasteiger partial charge in [-0.05, 0) is 70.1 Å². The number of hydrogen-bond acceptors (Lipinski definition) is 3. The first-order valence-corrected chi connectivity index (χ1v) is 7.23. The van der Waals surface area contributed by atoms with Crippen molar-refractivity contribution in [3.8, 4) is 5.75 Å². The second-order valence-electron chi connectivity index (χ2n) is 5.70. The molecule has 106 valence electrons. The average molecular weight is 262 g/mol. The maximum Gasteiger partial charge on any atom is 0.118 e. The highest BCUT2D eigenvalue weighted by Gasteiger charge is 2.31. The molecule has 1 aromatic carbocycles. The van der Waals surface area contributed by atoms with Gasteiger partial charge < -0.3 is 15.0 Å². The molecular formula is C16H26N2O. The number of hydrogen-bond donors (Lipinski definition) is 1. The smallest absolute Gasteiger partial charge is 0.118 e. The normalized spacial score (nSPS) is 16.6. The maximum absolute atomic E-state index is 5.22. The fourth-order valence-electron chi connectivity index (χ4n) is 2.45. The maximum atomic E-state index is 5.22. The molecule has 0 heterocycles. The number of ether oxygens (including phenoxy) is 1. The summed E-state index contributed by atoms with van der Waals surface area (Å²) in [5.74, 6) is 1.76. The van der Waals surface area contributed by atoms with Crippen molar-refractivity contribution in [1.29, 1.82) is 0 Å². The number of nitrogens with one attached hydrogen (secondary N) is 1. The summed E-state index contributed by atoms with van der Waals surface area (Å²) in [6.07, 6.45) is 3.92. The van der Waals surface area contributed by atoms with E-state index in [9.17, 15) is 0 Å². The summed E-state index contributed by atoms with van der Waals surface area (Å²) in [6, 6.07) is 9.04. The molecule has 3 nitrogen and oxygen atoms in total. The molecule has 1 saturated carbocycles. The van der Waals surface area contributed by atoms with E-state index in [1.54, 1.807) is 7.11 Å². The Bertz CT molecular complexity index is 371. The Morgan fingerprint density at radius 2 is 1.95 bits per heavy atom. The summed E-state index contributed by atoms with van der Waals surface area (Å²) in [7, 11) is 5.97. The summed E-state index contributed by atoms with van der Waals surface area (Å²) < 4.78 is 5.22. The molecule has 0 aromatic heterocycles. The highest BCUT2D eigenvalue weighted by atomic mass is 16.5. The molecule has 1 aliphatic rings. The molecule has 0 bridgehead atoms. The number of methoxy groups -OCH3 is 1. The Morgan fingerprint density at radius 3 is 2.47 bits per heavy atom. The Kier molecular flexibility index (Phi) is 5.23. The number of nitrogens with zero attached hydrogens (tertiary/aromatic N) is 1. The van der Waals surface area contributed by atoms with Crippen molar-refractivity contribution in [3.63, 3.8) is 0 Å². The first kappa shape index (κ1) is 14.4. The number of benzene rings is 1. The molecule has 0 spiro atoms. The second kappa shape index (κ2) is 6.92. The quantitative estimate of drug-likeness (QED) is 0.729. The molecular weight excluding hydrogens is 236 g/mol. The summed E-state index contributed by atoms with van der Waals surface area (Å²) in [6.45, 7) is 2.23. The average Bonchev–Trinajstić information content (AvgIpc) is 3.23. The zero-order chi connectivity index (χ0) is 13.7. The van der Waals surface area contributed by atoms with Crippen LogP contribution in [0.5, 0.6) is 5.75 Å². The van der Waals surface area contributed by atoms with E-state index in [-0.39, 0.29) is 0 Å². The lowest BCUT2D eigenvalue weighted by molar-refractivity contribution is 0.380. The summed E-state index contributed by atoms with van der Waals surface area (Å²) in [5.41, 5.74) is 1.40. The van der Waals surface area contributed by atoms with Crippen LogP contribution in [0.4, 0.5) is 0 Å². The zero-order valence-electron chi connectivity index (χ0n) is 12.4. The van der Waals surface area contributed by atoms with Gasteiger partial charge in [-0.25, -0.2) is 0 Å². The van der Waals surface area contributed by atoms with Gasteiger partial charge in [0.25, 0.3) is 0 Å². The minimum atomic E-state index is 0.521. The van der Waals surface area contributed by atoms with Crippen molar-refractivity contribution >= 4 is 0 Å². The lowest BCUT2D eigenvalue weighted by Crippen LogP contribution is -2.26.